The van der Waals surface area contributed by atoms with Gasteiger partial charge in [0.15, 0.2) is 10.1 Å². The normalized spacial score (nSPS) is 12.9. The fourth-order valence-corrected chi connectivity index (χ4v) is 1.85. The molecule has 8 heteroatoms. The first-order valence-corrected chi connectivity index (χ1v) is 9.93. The SMILES string of the molecule is CC(C)CC[NH+](CCC(C)C)CCC(C)C.O=S(=O)([O-])C(F)(F)F. The Labute approximate surface area is 145 Å². The lowest BCUT2D eigenvalue weighted by Gasteiger charge is -2.22. The third-order valence-corrected chi connectivity index (χ3v) is 4.08. The van der Waals surface area contributed by atoms with E-state index in [4.69, 9.17) is 13.0 Å². The fourth-order valence-electron chi connectivity index (χ4n) is 1.85. The van der Waals surface area contributed by atoms with Gasteiger partial charge in [-0.25, -0.2) is 8.42 Å². The monoisotopic (exact) mass is 377 g/mol. The molecule has 0 bridgehead atoms. The van der Waals surface area contributed by atoms with E-state index in [0.717, 1.165) is 17.8 Å². The molecule has 0 spiro atoms. The van der Waals surface area contributed by atoms with Crippen molar-refractivity contribution in [2.45, 2.75) is 66.3 Å². The molecule has 0 aromatic carbocycles. The summed E-state index contributed by atoms with van der Waals surface area (Å²) in [6, 6.07) is 0. The van der Waals surface area contributed by atoms with E-state index in [2.05, 4.69) is 41.5 Å². The molecule has 1 N–H and O–H groups in total. The Hall–Kier alpha value is -0.340. The predicted molar refractivity (Wildman–Crippen MR) is 89.7 cm³/mol. The Bertz CT molecular complexity index is 379. The van der Waals surface area contributed by atoms with Crippen LogP contribution in [0.1, 0.15) is 60.8 Å². The lowest BCUT2D eigenvalue weighted by Crippen LogP contribution is -3.12. The van der Waals surface area contributed by atoms with E-state index in [0.29, 0.717) is 0 Å². The summed E-state index contributed by atoms with van der Waals surface area (Å²) < 4.78 is 58.9. The summed E-state index contributed by atoms with van der Waals surface area (Å²) in [5.74, 6) is 2.56. The van der Waals surface area contributed by atoms with Gasteiger partial charge < -0.3 is 9.45 Å². The molecule has 0 aliphatic heterocycles. The summed E-state index contributed by atoms with van der Waals surface area (Å²) in [6.07, 6.45) is 4.14. The summed E-state index contributed by atoms with van der Waals surface area (Å²) in [7, 11) is -6.09. The number of hydrogen-bond acceptors (Lipinski definition) is 3. The van der Waals surface area contributed by atoms with E-state index >= 15 is 0 Å². The Balaban J connectivity index is 0. The molecular weight excluding hydrogens is 343 g/mol. The molecule has 0 rings (SSSR count). The average Bonchev–Trinajstić information content (AvgIpc) is 2.35. The van der Waals surface area contributed by atoms with Crippen LogP contribution >= 0.6 is 0 Å². The zero-order chi connectivity index (χ0) is 19.6. The van der Waals surface area contributed by atoms with E-state index in [1.807, 2.05) is 4.90 Å². The van der Waals surface area contributed by atoms with Gasteiger partial charge >= 0.3 is 5.51 Å². The Kier molecular flexibility index (Phi) is 13.0. The van der Waals surface area contributed by atoms with Gasteiger partial charge in [0.05, 0.1) is 19.6 Å². The van der Waals surface area contributed by atoms with E-state index in [1.165, 1.54) is 38.9 Å². The second-order valence-electron chi connectivity index (χ2n) is 7.45. The molecule has 24 heavy (non-hydrogen) atoms. The minimum Gasteiger partial charge on any atom is -0.741 e. The summed E-state index contributed by atoms with van der Waals surface area (Å²) in [4.78, 5) is 1.83. The first-order valence-electron chi connectivity index (χ1n) is 8.52. The maximum absolute atomic E-state index is 10.7. The molecule has 0 radical (unpaired) electrons. The van der Waals surface area contributed by atoms with Crippen molar-refractivity contribution in [1.29, 1.82) is 0 Å². The predicted octanol–water partition coefficient (Wildman–Crippen LogP) is 3.06. The van der Waals surface area contributed by atoms with Crippen molar-refractivity contribution in [2.24, 2.45) is 17.8 Å². The topological polar surface area (TPSA) is 61.6 Å². The second kappa shape index (κ2) is 12.1. The highest BCUT2D eigenvalue weighted by Gasteiger charge is 2.36. The lowest BCUT2D eigenvalue weighted by molar-refractivity contribution is -0.901. The van der Waals surface area contributed by atoms with E-state index in [-0.39, 0.29) is 0 Å². The number of nitrogens with one attached hydrogen (secondary N) is 1. The van der Waals surface area contributed by atoms with Gasteiger partial charge in [-0.2, -0.15) is 13.2 Å². The molecule has 0 aliphatic carbocycles. The molecule has 0 unspecified atom stereocenters. The van der Waals surface area contributed by atoms with Crippen molar-refractivity contribution in [3.8, 4) is 0 Å². The highest BCUT2D eigenvalue weighted by Crippen LogP contribution is 2.20. The molecule has 0 aromatic heterocycles. The molecule has 0 heterocycles. The molecule has 4 nitrogen and oxygen atoms in total. The number of halogens is 3. The maximum Gasteiger partial charge on any atom is 0.485 e. The van der Waals surface area contributed by atoms with Gasteiger partial charge in [0.25, 0.3) is 0 Å². The highest BCUT2D eigenvalue weighted by atomic mass is 32.2. The fraction of sp³-hybridized carbons (Fsp3) is 1.00. The first kappa shape index (κ1) is 25.9. The lowest BCUT2D eigenvalue weighted by atomic mass is 10.1. The Morgan fingerprint density at radius 2 is 1.00 bits per heavy atom. The van der Waals surface area contributed by atoms with Crippen molar-refractivity contribution >= 4 is 10.1 Å². The van der Waals surface area contributed by atoms with Crippen LogP contribution in [0.2, 0.25) is 0 Å². The zero-order valence-corrected chi connectivity index (χ0v) is 16.6. The minimum absolute atomic E-state index is 0.855. The molecule has 0 aromatic rings. The molecule has 0 aliphatic rings. The van der Waals surface area contributed by atoms with Crippen LogP contribution in [0, 0.1) is 17.8 Å². The minimum atomic E-state index is -6.09. The van der Waals surface area contributed by atoms with E-state index in [1.54, 1.807) is 0 Å². The van der Waals surface area contributed by atoms with Crippen LogP contribution in [0.5, 0.6) is 0 Å². The number of quaternary nitrogens is 1. The van der Waals surface area contributed by atoms with Gasteiger partial charge in [-0.15, -0.1) is 0 Å². The largest absolute Gasteiger partial charge is 0.741 e. The maximum atomic E-state index is 10.7. The van der Waals surface area contributed by atoms with Gasteiger partial charge in [0.1, 0.15) is 0 Å². The number of hydrogen-bond donors (Lipinski definition) is 1. The molecule has 0 saturated heterocycles. The van der Waals surface area contributed by atoms with Crippen LogP contribution in [0.15, 0.2) is 0 Å². The van der Waals surface area contributed by atoms with Crippen LogP contribution in [0.3, 0.4) is 0 Å². The van der Waals surface area contributed by atoms with Crippen molar-refractivity contribution < 1.29 is 31.0 Å². The number of rotatable bonds is 9. The molecule has 0 saturated carbocycles. The van der Waals surface area contributed by atoms with Gasteiger partial charge in [0, 0.05) is 0 Å². The molecule has 0 fully saturated rings. The zero-order valence-electron chi connectivity index (χ0n) is 15.7. The first-order chi connectivity index (χ1) is 10.7. The second-order valence-corrected chi connectivity index (χ2v) is 8.82. The van der Waals surface area contributed by atoms with Crippen LogP contribution in [-0.4, -0.2) is 38.1 Å². The van der Waals surface area contributed by atoms with Crippen LogP contribution in [0.4, 0.5) is 13.2 Å². The van der Waals surface area contributed by atoms with Crippen molar-refractivity contribution in [3.05, 3.63) is 0 Å². The molecule has 0 atom stereocenters. The van der Waals surface area contributed by atoms with Crippen molar-refractivity contribution in [2.75, 3.05) is 19.6 Å². The smallest absolute Gasteiger partial charge is 0.485 e. The Morgan fingerprint density at radius 1 is 0.792 bits per heavy atom. The number of alkyl halides is 3. The summed E-state index contributed by atoms with van der Waals surface area (Å²) in [6.45, 7) is 18.1. The summed E-state index contributed by atoms with van der Waals surface area (Å²) >= 11 is 0. The summed E-state index contributed by atoms with van der Waals surface area (Å²) in [5.41, 5.74) is -5.65. The van der Waals surface area contributed by atoms with Crippen molar-refractivity contribution in [3.63, 3.8) is 0 Å². The van der Waals surface area contributed by atoms with Gasteiger partial charge in [-0.1, -0.05) is 41.5 Å². The van der Waals surface area contributed by atoms with Gasteiger partial charge in [-0.3, -0.25) is 0 Å². The van der Waals surface area contributed by atoms with Gasteiger partial charge in [-0.05, 0) is 37.0 Å². The van der Waals surface area contributed by atoms with Gasteiger partial charge in [0.2, 0.25) is 0 Å². The highest BCUT2D eigenvalue weighted by molar-refractivity contribution is 7.86. The van der Waals surface area contributed by atoms with E-state index < -0.39 is 15.6 Å². The standard InChI is InChI=1S/C15H33N.CHF3O3S/c1-13(2)7-10-16(11-8-14(3)4)12-9-15(5)6;2-1(3,4)8(5,6)7/h13-15H,7-12H2,1-6H3;(H,5,6,7). The molecular formula is C16H34F3NO3S. The van der Waals surface area contributed by atoms with Crippen LogP contribution in [0.25, 0.3) is 0 Å². The third-order valence-electron chi connectivity index (χ3n) is 3.51. The van der Waals surface area contributed by atoms with Crippen LogP contribution < -0.4 is 4.90 Å². The Morgan fingerprint density at radius 3 is 1.12 bits per heavy atom. The summed E-state index contributed by atoms with van der Waals surface area (Å²) in [5, 5.41) is 0. The average molecular weight is 378 g/mol. The third kappa shape index (κ3) is 16.5. The van der Waals surface area contributed by atoms with E-state index in [9.17, 15) is 13.2 Å². The quantitative estimate of drug-likeness (QED) is 0.496. The molecule has 148 valence electrons. The van der Waals surface area contributed by atoms with Crippen molar-refractivity contribution in [1.82, 2.24) is 0 Å². The van der Waals surface area contributed by atoms with Crippen LogP contribution in [-0.2, 0) is 10.1 Å². The molecule has 0 amide bonds.